The van der Waals surface area contributed by atoms with Gasteiger partial charge in [0.05, 0.1) is 5.69 Å². The number of carbonyl (C=O) groups excluding carboxylic acids is 1. The number of halogens is 2. The summed E-state index contributed by atoms with van der Waals surface area (Å²) < 4.78 is 26.9. The maximum absolute atomic E-state index is 13.7. The van der Waals surface area contributed by atoms with Gasteiger partial charge in [-0.05, 0) is 25.1 Å². The summed E-state index contributed by atoms with van der Waals surface area (Å²) in [5.41, 5.74) is 5.64. The largest absolute Gasteiger partial charge is 0.366 e. The summed E-state index contributed by atoms with van der Waals surface area (Å²) in [5.74, 6) is -0.813. The van der Waals surface area contributed by atoms with E-state index in [1.807, 2.05) is 0 Å². The second kappa shape index (κ2) is 6.65. The summed E-state index contributed by atoms with van der Waals surface area (Å²) in [5, 5.41) is 0. The van der Waals surface area contributed by atoms with Crippen LogP contribution in [0.3, 0.4) is 0 Å². The molecule has 0 atom stereocenters. The van der Waals surface area contributed by atoms with Crippen LogP contribution < -0.4 is 10.6 Å². The first-order valence-electron chi connectivity index (χ1n) is 6.79. The molecule has 1 aliphatic rings. The summed E-state index contributed by atoms with van der Waals surface area (Å²) >= 11 is 0. The van der Waals surface area contributed by atoms with Crippen molar-refractivity contribution < 1.29 is 13.6 Å². The zero-order chi connectivity index (χ0) is 14.5. The summed E-state index contributed by atoms with van der Waals surface area (Å²) in [4.78, 5) is 15.4. The van der Waals surface area contributed by atoms with Gasteiger partial charge < -0.3 is 15.5 Å². The highest BCUT2D eigenvalue weighted by atomic mass is 19.1. The highest BCUT2D eigenvalue weighted by Crippen LogP contribution is 2.22. The van der Waals surface area contributed by atoms with E-state index >= 15 is 0 Å². The van der Waals surface area contributed by atoms with Crippen molar-refractivity contribution in [2.45, 2.75) is 12.8 Å². The average Bonchev–Trinajstić information content (AvgIpc) is 2.47. The van der Waals surface area contributed by atoms with Crippen LogP contribution in [0.25, 0.3) is 0 Å². The highest BCUT2D eigenvalue weighted by Gasteiger charge is 2.22. The standard InChI is InChI=1S/C14H19F2N3O/c15-11-3-4-12(16)13(10-11)18-6-8-19(9-7-18)14(20)2-1-5-17/h3-4,10H,1-2,5-9,17H2. The van der Waals surface area contributed by atoms with Crippen molar-refractivity contribution in [3.05, 3.63) is 29.8 Å². The Labute approximate surface area is 117 Å². The third kappa shape index (κ3) is 3.45. The fourth-order valence-corrected chi connectivity index (χ4v) is 2.34. The predicted molar refractivity (Wildman–Crippen MR) is 73.4 cm³/mol. The number of carbonyl (C=O) groups is 1. The summed E-state index contributed by atoms with van der Waals surface area (Å²) in [7, 11) is 0. The Morgan fingerprint density at radius 2 is 1.90 bits per heavy atom. The quantitative estimate of drug-likeness (QED) is 0.907. The van der Waals surface area contributed by atoms with Gasteiger partial charge in [-0.25, -0.2) is 8.78 Å². The normalized spacial score (nSPS) is 15.6. The number of piperazine rings is 1. The Balaban J connectivity index is 1.94. The number of hydrogen-bond donors (Lipinski definition) is 1. The van der Waals surface area contributed by atoms with Gasteiger partial charge in [0.15, 0.2) is 0 Å². The lowest BCUT2D eigenvalue weighted by atomic mass is 10.2. The first-order valence-corrected chi connectivity index (χ1v) is 6.79. The molecule has 110 valence electrons. The van der Waals surface area contributed by atoms with E-state index in [0.717, 1.165) is 12.1 Å². The maximum atomic E-state index is 13.7. The molecule has 0 aliphatic carbocycles. The number of rotatable bonds is 4. The number of amides is 1. The van der Waals surface area contributed by atoms with Gasteiger partial charge >= 0.3 is 0 Å². The molecule has 1 heterocycles. The van der Waals surface area contributed by atoms with Gasteiger partial charge in [0.2, 0.25) is 5.91 Å². The van der Waals surface area contributed by atoms with E-state index in [4.69, 9.17) is 5.73 Å². The van der Waals surface area contributed by atoms with Gasteiger partial charge in [0.1, 0.15) is 11.6 Å². The van der Waals surface area contributed by atoms with E-state index in [-0.39, 0.29) is 11.6 Å². The molecule has 0 saturated carbocycles. The SMILES string of the molecule is NCCCC(=O)N1CCN(c2cc(F)ccc2F)CC1. The van der Waals surface area contributed by atoms with Crippen LogP contribution in [0.5, 0.6) is 0 Å². The zero-order valence-corrected chi connectivity index (χ0v) is 11.3. The molecule has 2 N–H and O–H groups in total. The zero-order valence-electron chi connectivity index (χ0n) is 11.3. The van der Waals surface area contributed by atoms with E-state index in [2.05, 4.69) is 0 Å². The lowest BCUT2D eigenvalue weighted by Gasteiger charge is -2.36. The van der Waals surface area contributed by atoms with Gasteiger partial charge in [-0.2, -0.15) is 0 Å². The molecule has 0 unspecified atom stereocenters. The lowest BCUT2D eigenvalue weighted by Crippen LogP contribution is -2.49. The van der Waals surface area contributed by atoms with Crippen LogP contribution in [0.15, 0.2) is 18.2 Å². The smallest absolute Gasteiger partial charge is 0.222 e. The van der Waals surface area contributed by atoms with Crippen LogP contribution in [0, 0.1) is 11.6 Å². The van der Waals surface area contributed by atoms with Gasteiger partial charge in [0, 0.05) is 38.7 Å². The van der Waals surface area contributed by atoms with Crippen molar-refractivity contribution in [3.63, 3.8) is 0 Å². The Morgan fingerprint density at radius 3 is 2.55 bits per heavy atom. The minimum absolute atomic E-state index is 0.0785. The molecule has 6 heteroatoms. The highest BCUT2D eigenvalue weighted by molar-refractivity contribution is 5.76. The van der Waals surface area contributed by atoms with E-state index in [9.17, 15) is 13.6 Å². The summed E-state index contributed by atoms with van der Waals surface area (Å²) in [6.07, 6.45) is 1.13. The molecule has 2 rings (SSSR count). The average molecular weight is 283 g/mol. The minimum atomic E-state index is -0.456. The Bertz CT molecular complexity index is 473. The topological polar surface area (TPSA) is 49.6 Å². The monoisotopic (exact) mass is 283 g/mol. The van der Waals surface area contributed by atoms with E-state index in [1.54, 1.807) is 9.80 Å². The summed E-state index contributed by atoms with van der Waals surface area (Å²) in [6, 6.07) is 3.43. The van der Waals surface area contributed by atoms with Crippen LogP contribution >= 0.6 is 0 Å². The number of anilines is 1. The number of benzene rings is 1. The molecule has 20 heavy (non-hydrogen) atoms. The molecule has 1 saturated heterocycles. The van der Waals surface area contributed by atoms with Crippen molar-refractivity contribution in [2.24, 2.45) is 5.73 Å². The fraction of sp³-hybridized carbons (Fsp3) is 0.500. The van der Waals surface area contributed by atoms with Gasteiger partial charge in [0.25, 0.3) is 0 Å². The van der Waals surface area contributed by atoms with Crippen molar-refractivity contribution in [2.75, 3.05) is 37.6 Å². The van der Waals surface area contributed by atoms with Gasteiger partial charge in [-0.3, -0.25) is 4.79 Å². The van der Waals surface area contributed by atoms with Crippen LogP contribution in [0.4, 0.5) is 14.5 Å². The molecule has 1 aromatic rings. The first kappa shape index (κ1) is 14.7. The van der Waals surface area contributed by atoms with Crippen molar-refractivity contribution in [3.8, 4) is 0 Å². The van der Waals surface area contributed by atoms with Crippen LogP contribution in [-0.2, 0) is 4.79 Å². The molecule has 0 radical (unpaired) electrons. The molecular weight excluding hydrogens is 264 g/mol. The second-order valence-corrected chi connectivity index (χ2v) is 4.86. The minimum Gasteiger partial charge on any atom is -0.366 e. The molecule has 0 aromatic heterocycles. The Kier molecular flexibility index (Phi) is 4.89. The number of hydrogen-bond acceptors (Lipinski definition) is 3. The second-order valence-electron chi connectivity index (χ2n) is 4.86. The van der Waals surface area contributed by atoms with Crippen LogP contribution in [0.2, 0.25) is 0 Å². The molecule has 0 bridgehead atoms. The number of nitrogens with two attached hydrogens (primary N) is 1. The molecule has 1 aromatic carbocycles. The predicted octanol–water partition coefficient (Wildman–Crippen LogP) is 1.35. The molecular formula is C14H19F2N3O. The third-order valence-electron chi connectivity index (χ3n) is 3.48. The Hall–Kier alpha value is -1.69. The molecule has 4 nitrogen and oxygen atoms in total. The lowest BCUT2D eigenvalue weighted by molar-refractivity contribution is -0.131. The van der Waals surface area contributed by atoms with Gasteiger partial charge in [-0.15, -0.1) is 0 Å². The Morgan fingerprint density at radius 1 is 1.20 bits per heavy atom. The van der Waals surface area contributed by atoms with Crippen LogP contribution in [-0.4, -0.2) is 43.5 Å². The fourth-order valence-electron chi connectivity index (χ4n) is 2.34. The molecule has 1 fully saturated rings. The number of nitrogens with zero attached hydrogens (tertiary/aromatic N) is 2. The molecule has 1 aliphatic heterocycles. The van der Waals surface area contributed by atoms with Crippen molar-refractivity contribution in [1.82, 2.24) is 4.90 Å². The van der Waals surface area contributed by atoms with Crippen molar-refractivity contribution in [1.29, 1.82) is 0 Å². The van der Waals surface area contributed by atoms with Crippen LogP contribution in [0.1, 0.15) is 12.8 Å². The third-order valence-corrected chi connectivity index (χ3v) is 3.48. The first-order chi connectivity index (χ1) is 9.61. The van der Waals surface area contributed by atoms with Crippen molar-refractivity contribution >= 4 is 11.6 Å². The summed E-state index contributed by atoms with van der Waals surface area (Å²) in [6.45, 7) is 2.57. The maximum Gasteiger partial charge on any atom is 0.222 e. The molecule has 0 spiro atoms. The van der Waals surface area contributed by atoms with Gasteiger partial charge in [-0.1, -0.05) is 0 Å². The van der Waals surface area contributed by atoms with E-state index in [0.29, 0.717) is 45.6 Å². The molecule has 1 amide bonds. The van der Waals surface area contributed by atoms with E-state index in [1.165, 1.54) is 6.07 Å². The van der Waals surface area contributed by atoms with E-state index < -0.39 is 11.6 Å².